The number of hydrogen-bond acceptors (Lipinski definition) is 5. The third-order valence-corrected chi connectivity index (χ3v) is 4.07. The summed E-state index contributed by atoms with van der Waals surface area (Å²) in [5.41, 5.74) is -5.04. The van der Waals surface area contributed by atoms with Gasteiger partial charge in [-0.15, -0.1) is 0 Å². The van der Waals surface area contributed by atoms with Crippen LogP contribution in [-0.2, 0) is 22.8 Å². The van der Waals surface area contributed by atoms with Crippen LogP contribution in [0.3, 0.4) is 0 Å². The molecule has 0 fully saturated rings. The predicted octanol–water partition coefficient (Wildman–Crippen LogP) is 2.68. The van der Waals surface area contributed by atoms with Gasteiger partial charge in [0.2, 0.25) is 0 Å². The van der Waals surface area contributed by atoms with Crippen molar-refractivity contribution < 1.29 is 31.8 Å². The summed E-state index contributed by atoms with van der Waals surface area (Å²) < 4.78 is 63.7. The smallest absolute Gasteiger partial charge is 0.431 e. The van der Waals surface area contributed by atoms with Gasteiger partial charge in [0.05, 0.1) is 17.3 Å². The maximum absolute atomic E-state index is 14.4. The van der Waals surface area contributed by atoms with E-state index in [2.05, 4.69) is 0 Å². The zero-order valence-corrected chi connectivity index (χ0v) is 16.1. The first-order valence-corrected chi connectivity index (χ1v) is 8.49. The number of benzene rings is 1. The van der Waals surface area contributed by atoms with E-state index in [9.17, 15) is 31.9 Å². The van der Waals surface area contributed by atoms with Crippen LogP contribution in [0.15, 0.2) is 27.8 Å². The Morgan fingerprint density at radius 3 is 2.41 bits per heavy atom. The van der Waals surface area contributed by atoms with E-state index in [-0.39, 0.29) is 32.6 Å². The van der Waals surface area contributed by atoms with Crippen molar-refractivity contribution in [3.8, 4) is 11.4 Å². The number of ether oxygens (including phenoxy) is 2. The molecule has 2 aromatic rings. The first-order valence-electron chi connectivity index (χ1n) is 8.11. The second kappa shape index (κ2) is 8.27. The van der Waals surface area contributed by atoms with Gasteiger partial charge in [0.25, 0.3) is 5.56 Å². The molecule has 0 amide bonds. The van der Waals surface area contributed by atoms with Crippen LogP contribution in [0.2, 0.25) is 5.02 Å². The molecule has 0 aliphatic rings. The highest BCUT2D eigenvalue weighted by Crippen LogP contribution is 2.30. The SMILES string of the molecule is CCOC(=O)C(C)Oc1cc(-n2c(=O)cc(C(F)(F)F)n(C)c2=O)c(F)cc1Cl. The summed E-state index contributed by atoms with van der Waals surface area (Å²) in [5, 5.41) is -0.292. The van der Waals surface area contributed by atoms with E-state index < -0.39 is 46.7 Å². The number of halogens is 5. The van der Waals surface area contributed by atoms with Crippen LogP contribution < -0.4 is 16.0 Å². The maximum Gasteiger partial charge on any atom is 0.431 e. The molecule has 1 unspecified atom stereocenters. The van der Waals surface area contributed by atoms with Crippen LogP contribution >= 0.6 is 11.6 Å². The summed E-state index contributed by atoms with van der Waals surface area (Å²) in [5.74, 6) is -2.19. The van der Waals surface area contributed by atoms with Gasteiger partial charge < -0.3 is 9.47 Å². The third-order valence-electron chi connectivity index (χ3n) is 3.78. The largest absolute Gasteiger partial charge is 0.477 e. The quantitative estimate of drug-likeness (QED) is 0.530. The average molecular weight is 439 g/mol. The molecule has 12 heteroatoms. The second-order valence-corrected chi connectivity index (χ2v) is 6.20. The van der Waals surface area contributed by atoms with Crippen LogP contribution in [0.25, 0.3) is 5.69 Å². The Morgan fingerprint density at radius 1 is 1.24 bits per heavy atom. The van der Waals surface area contributed by atoms with E-state index in [1.165, 1.54) is 6.92 Å². The summed E-state index contributed by atoms with van der Waals surface area (Å²) >= 11 is 5.87. The summed E-state index contributed by atoms with van der Waals surface area (Å²) in [7, 11) is 0.787. The number of esters is 1. The van der Waals surface area contributed by atoms with E-state index >= 15 is 0 Å². The summed E-state index contributed by atoms with van der Waals surface area (Å²) in [6.45, 7) is 2.97. The number of nitrogens with zero attached hydrogens (tertiary/aromatic N) is 2. The monoisotopic (exact) mass is 438 g/mol. The third kappa shape index (κ3) is 4.61. The van der Waals surface area contributed by atoms with Gasteiger partial charge in [0.15, 0.2) is 6.10 Å². The molecule has 158 valence electrons. The first-order chi connectivity index (χ1) is 13.4. The highest BCUT2D eigenvalue weighted by molar-refractivity contribution is 6.32. The topological polar surface area (TPSA) is 79.5 Å². The van der Waals surface area contributed by atoms with Crippen molar-refractivity contribution in [3.63, 3.8) is 0 Å². The second-order valence-electron chi connectivity index (χ2n) is 5.79. The normalized spacial score (nSPS) is 12.6. The van der Waals surface area contributed by atoms with Crippen molar-refractivity contribution in [2.24, 2.45) is 7.05 Å². The van der Waals surface area contributed by atoms with Crippen molar-refractivity contribution in [1.82, 2.24) is 9.13 Å². The van der Waals surface area contributed by atoms with Gasteiger partial charge in [0, 0.05) is 19.2 Å². The van der Waals surface area contributed by atoms with E-state index in [1.54, 1.807) is 6.92 Å². The lowest BCUT2D eigenvalue weighted by molar-refractivity contribution is -0.150. The number of carbonyl (C=O) groups is 1. The molecule has 0 aliphatic carbocycles. The fourth-order valence-corrected chi connectivity index (χ4v) is 2.59. The lowest BCUT2D eigenvalue weighted by Gasteiger charge is -2.17. The number of alkyl halides is 3. The Kier molecular flexibility index (Phi) is 6.41. The zero-order valence-electron chi connectivity index (χ0n) is 15.3. The minimum absolute atomic E-state index is 0.0753. The van der Waals surface area contributed by atoms with Crippen molar-refractivity contribution in [2.75, 3.05) is 6.61 Å². The molecule has 1 heterocycles. The Balaban J connectivity index is 2.62. The molecule has 0 spiro atoms. The van der Waals surface area contributed by atoms with Crippen LogP contribution in [0.4, 0.5) is 17.6 Å². The van der Waals surface area contributed by atoms with Gasteiger partial charge in [-0.05, 0) is 19.9 Å². The molecule has 1 aromatic carbocycles. The molecule has 2 rings (SSSR count). The van der Waals surface area contributed by atoms with Gasteiger partial charge >= 0.3 is 17.8 Å². The molecule has 29 heavy (non-hydrogen) atoms. The maximum atomic E-state index is 14.4. The van der Waals surface area contributed by atoms with Crippen LogP contribution in [0, 0.1) is 5.82 Å². The molecule has 0 saturated heterocycles. The van der Waals surface area contributed by atoms with Crippen LogP contribution in [0.1, 0.15) is 19.5 Å². The number of aromatic nitrogens is 2. The molecular formula is C17H15ClF4N2O5. The summed E-state index contributed by atoms with van der Waals surface area (Å²) in [6, 6.07) is 1.70. The Morgan fingerprint density at radius 2 is 1.86 bits per heavy atom. The molecule has 1 atom stereocenters. The Hall–Kier alpha value is -2.82. The van der Waals surface area contributed by atoms with Gasteiger partial charge in [-0.25, -0.2) is 18.5 Å². The number of rotatable bonds is 5. The van der Waals surface area contributed by atoms with Gasteiger partial charge in [-0.1, -0.05) is 11.6 Å². The molecule has 0 bridgehead atoms. The minimum Gasteiger partial charge on any atom is -0.477 e. The molecule has 1 aromatic heterocycles. The molecule has 0 aliphatic heterocycles. The summed E-state index contributed by atoms with van der Waals surface area (Å²) in [6.07, 6.45) is -6.13. The summed E-state index contributed by atoms with van der Waals surface area (Å²) in [4.78, 5) is 36.2. The lowest BCUT2D eigenvalue weighted by atomic mass is 10.2. The molecular weight excluding hydrogens is 424 g/mol. The lowest BCUT2D eigenvalue weighted by Crippen LogP contribution is -2.41. The standard InChI is InChI=1S/C17H15ClF4N2O5/c1-4-28-15(26)8(2)29-12-6-11(10(19)5-9(12)18)24-14(25)7-13(17(20,21)22)23(3)16(24)27/h5-8H,4H2,1-3H3. The van der Waals surface area contributed by atoms with Crippen LogP contribution in [0.5, 0.6) is 5.75 Å². The average Bonchev–Trinajstić information content (AvgIpc) is 2.60. The van der Waals surface area contributed by atoms with Crippen LogP contribution in [-0.4, -0.2) is 27.8 Å². The highest BCUT2D eigenvalue weighted by Gasteiger charge is 2.35. The highest BCUT2D eigenvalue weighted by atomic mass is 35.5. The predicted molar refractivity (Wildman–Crippen MR) is 94.0 cm³/mol. The molecule has 0 saturated carbocycles. The van der Waals surface area contributed by atoms with Crippen molar-refractivity contribution in [2.45, 2.75) is 26.1 Å². The minimum atomic E-state index is -4.96. The molecule has 7 nitrogen and oxygen atoms in total. The van der Waals surface area contributed by atoms with E-state index in [0.29, 0.717) is 6.07 Å². The fourth-order valence-electron chi connectivity index (χ4n) is 2.40. The number of carbonyl (C=O) groups excluding carboxylic acids is 1. The zero-order chi connectivity index (χ0) is 22.1. The van der Waals surface area contributed by atoms with E-state index in [0.717, 1.165) is 13.1 Å². The van der Waals surface area contributed by atoms with Gasteiger partial charge in [0.1, 0.15) is 17.3 Å². The van der Waals surface area contributed by atoms with Crippen molar-refractivity contribution in [3.05, 3.63) is 55.6 Å². The molecule has 0 radical (unpaired) electrons. The van der Waals surface area contributed by atoms with Gasteiger partial charge in [-0.3, -0.25) is 9.36 Å². The van der Waals surface area contributed by atoms with E-state index in [1.807, 2.05) is 0 Å². The first kappa shape index (κ1) is 22.5. The Bertz CT molecular complexity index is 1060. The van der Waals surface area contributed by atoms with E-state index in [4.69, 9.17) is 21.1 Å². The van der Waals surface area contributed by atoms with Gasteiger partial charge in [-0.2, -0.15) is 13.2 Å². The van der Waals surface area contributed by atoms with Crippen molar-refractivity contribution >= 4 is 17.6 Å². The number of hydrogen-bond donors (Lipinski definition) is 0. The Labute approximate surface area is 166 Å². The molecule has 0 N–H and O–H groups in total. The fraction of sp³-hybridized carbons (Fsp3) is 0.353. The van der Waals surface area contributed by atoms with Crippen molar-refractivity contribution in [1.29, 1.82) is 0 Å².